The lowest BCUT2D eigenvalue weighted by Gasteiger charge is -2.12. The van der Waals surface area contributed by atoms with Gasteiger partial charge in [0.05, 0.1) is 0 Å². The molecule has 0 saturated carbocycles. The Kier molecular flexibility index (Phi) is 6.36. The Hall–Kier alpha value is -2.35. The van der Waals surface area contributed by atoms with Gasteiger partial charge < -0.3 is 0 Å². The Bertz CT molecular complexity index is 688. The van der Waals surface area contributed by atoms with Crippen LogP contribution < -0.4 is 21.7 Å². The number of hydrazine groups is 2. The molecule has 9 heteroatoms. The van der Waals surface area contributed by atoms with Crippen molar-refractivity contribution in [1.29, 1.82) is 0 Å². The van der Waals surface area contributed by atoms with E-state index in [4.69, 9.17) is 35.4 Å². The largest absolute Gasteiger partial charge is 0.273 e. The zero-order chi connectivity index (χ0) is 17.5. The molecule has 2 aromatic carbocycles. The summed E-state index contributed by atoms with van der Waals surface area (Å²) in [5, 5.41) is 1.07. The number of rotatable bonds is 2. The summed E-state index contributed by atoms with van der Waals surface area (Å²) in [5.41, 5.74) is 10.5. The van der Waals surface area contributed by atoms with E-state index in [2.05, 4.69) is 21.7 Å². The molecule has 0 fully saturated rings. The summed E-state index contributed by atoms with van der Waals surface area (Å²) < 4.78 is 0. The van der Waals surface area contributed by atoms with Crippen molar-refractivity contribution in [2.45, 2.75) is 0 Å². The Morgan fingerprint density at radius 2 is 1.00 bits per heavy atom. The van der Waals surface area contributed by atoms with Gasteiger partial charge in [-0.05, 0) is 60.7 Å². The van der Waals surface area contributed by atoms with Crippen LogP contribution in [0.4, 0.5) is 0 Å². The molecule has 4 N–H and O–H groups in total. The maximum atomic E-state index is 11.8. The highest BCUT2D eigenvalue weighted by atomic mass is 35.5. The van der Waals surface area contributed by atoms with Crippen molar-refractivity contribution in [2.75, 3.05) is 0 Å². The zero-order valence-corrected chi connectivity index (χ0v) is 14.4. The fraction of sp³-hybridized carbons (Fsp3) is 0. The molecule has 0 aliphatic heterocycles. The van der Waals surface area contributed by atoms with Crippen molar-refractivity contribution < 1.29 is 9.59 Å². The fourth-order valence-corrected chi connectivity index (χ4v) is 1.96. The summed E-state index contributed by atoms with van der Waals surface area (Å²) in [6, 6.07) is 12.7. The Morgan fingerprint density at radius 3 is 1.33 bits per heavy atom. The summed E-state index contributed by atoms with van der Waals surface area (Å²) in [4.78, 5) is 23.7. The molecule has 0 aliphatic carbocycles. The topological polar surface area (TPSA) is 82.3 Å². The van der Waals surface area contributed by atoms with Crippen molar-refractivity contribution in [2.24, 2.45) is 0 Å². The number of carbonyl (C=O) groups is 2. The van der Waals surface area contributed by atoms with Crippen LogP contribution in [0.3, 0.4) is 0 Å². The van der Waals surface area contributed by atoms with Crippen molar-refractivity contribution in [3.63, 3.8) is 0 Å². The van der Waals surface area contributed by atoms with Crippen molar-refractivity contribution in [1.82, 2.24) is 21.7 Å². The Labute approximate surface area is 153 Å². The minimum Gasteiger partial charge on any atom is -0.273 e. The highest BCUT2D eigenvalue weighted by Gasteiger charge is 2.07. The van der Waals surface area contributed by atoms with E-state index >= 15 is 0 Å². The van der Waals surface area contributed by atoms with Gasteiger partial charge in [0.25, 0.3) is 11.8 Å². The standard InChI is InChI=1S/C15H12Cl2N4O2S/c16-11-5-1-9(2-6-11)13(22)18-20-15(24)21-19-14(23)10-3-7-12(17)8-4-10/h1-8H,(H,18,22)(H,19,23)(H2,20,21,24). The molecule has 2 amide bonds. The van der Waals surface area contributed by atoms with Crippen LogP contribution in [0.25, 0.3) is 0 Å². The molecule has 24 heavy (non-hydrogen) atoms. The smallest absolute Gasteiger partial charge is 0.269 e. The van der Waals surface area contributed by atoms with Crippen LogP contribution in [0.5, 0.6) is 0 Å². The molecule has 0 bridgehead atoms. The highest BCUT2D eigenvalue weighted by molar-refractivity contribution is 7.80. The van der Waals surface area contributed by atoms with Gasteiger partial charge in [-0.2, -0.15) is 0 Å². The molecule has 6 nitrogen and oxygen atoms in total. The minimum atomic E-state index is -0.403. The number of hydrogen-bond donors (Lipinski definition) is 4. The lowest BCUT2D eigenvalue weighted by Crippen LogP contribution is -2.52. The van der Waals surface area contributed by atoms with Crippen LogP contribution in [0.1, 0.15) is 20.7 Å². The van der Waals surface area contributed by atoms with Gasteiger partial charge in [-0.25, -0.2) is 0 Å². The Morgan fingerprint density at radius 1 is 0.667 bits per heavy atom. The second-order valence-electron chi connectivity index (χ2n) is 4.50. The van der Waals surface area contributed by atoms with E-state index in [9.17, 15) is 9.59 Å². The van der Waals surface area contributed by atoms with Gasteiger partial charge >= 0.3 is 0 Å². The molecule has 0 radical (unpaired) electrons. The first kappa shape index (κ1) is 18.0. The molecule has 2 rings (SSSR count). The van der Waals surface area contributed by atoms with Gasteiger partial charge in [0.1, 0.15) is 0 Å². The third kappa shape index (κ3) is 5.38. The number of halogens is 2. The fourth-order valence-electron chi connectivity index (χ4n) is 1.61. The molecule has 0 atom stereocenters. The average molecular weight is 383 g/mol. The minimum absolute atomic E-state index is 0.0135. The predicted octanol–water partition coefficient (Wildman–Crippen LogP) is 2.45. The van der Waals surface area contributed by atoms with E-state index in [0.29, 0.717) is 21.2 Å². The maximum absolute atomic E-state index is 11.8. The molecule has 0 aromatic heterocycles. The van der Waals surface area contributed by atoms with Crippen molar-refractivity contribution in [3.05, 3.63) is 69.7 Å². The third-order valence-electron chi connectivity index (χ3n) is 2.79. The van der Waals surface area contributed by atoms with Crippen LogP contribution in [0.2, 0.25) is 10.0 Å². The van der Waals surface area contributed by atoms with E-state index in [1.807, 2.05) is 0 Å². The van der Waals surface area contributed by atoms with Crippen LogP contribution in [-0.4, -0.2) is 16.9 Å². The first-order chi connectivity index (χ1) is 11.5. The second kappa shape index (κ2) is 8.49. The molecule has 0 aliphatic rings. The molecule has 0 saturated heterocycles. The molecule has 0 spiro atoms. The molecule has 0 unspecified atom stereocenters. The molecule has 2 aromatic rings. The number of thiocarbonyl (C=S) groups is 1. The highest BCUT2D eigenvalue weighted by Crippen LogP contribution is 2.09. The summed E-state index contributed by atoms with van der Waals surface area (Å²) in [7, 11) is 0. The predicted molar refractivity (Wildman–Crippen MR) is 96.7 cm³/mol. The van der Waals surface area contributed by atoms with E-state index in [0.717, 1.165) is 0 Å². The lowest BCUT2D eigenvalue weighted by molar-refractivity contribution is 0.0943. The number of hydrogen-bond acceptors (Lipinski definition) is 3. The van der Waals surface area contributed by atoms with Gasteiger partial charge in [0.15, 0.2) is 0 Å². The van der Waals surface area contributed by atoms with Crippen molar-refractivity contribution >= 4 is 52.3 Å². The van der Waals surface area contributed by atoms with Crippen LogP contribution >= 0.6 is 35.4 Å². The normalized spacial score (nSPS) is 9.75. The number of benzene rings is 2. The third-order valence-corrected chi connectivity index (χ3v) is 3.50. The molecule has 124 valence electrons. The summed E-state index contributed by atoms with van der Waals surface area (Å²) >= 11 is 16.4. The maximum Gasteiger partial charge on any atom is 0.269 e. The average Bonchev–Trinajstić information content (AvgIpc) is 2.58. The number of carbonyl (C=O) groups excluding carboxylic acids is 2. The molecular formula is C15H12Cl2N4O2S. The zero-order valence-electron chi connectivity index (χ0n) is 12.1. The number of nitrogens with one attached hydrogen (secondary N) is 4. The quantitative estimate of drug-likeness (QED) is 0.473. The first-order valence-corrected chi connectivity index (χ1v) is 7.80. The van der Waals surface area contributed by atoms with E-state index < -0.39 is 11.8 Å². The van der Waals surface area contributed by atoms with Gasteiger partial charge in [-0.1, -0.05) is 23.2 Å². The van der Waals surface area contributed by atoms with Crippen LogP contribution in [0, 0.1) is 0 Å². The lowest BCUT2D eigenvalue weighted by atomic mass is 10.2. The van der Waals surface area contributed by atoms with E-state index in [-0.39, 0.29) is 5.11 Å². The van der Waals surface area contributed by atoms with E-state index in [1.54, 1.807) is 48.5 Å². The molecule has 0 heterocycles. The van der Waals surface area contributed by atoms with Gasteiger partial charge in [-0.3, -0.25) is 31.3 Å². The second-order valence-corrected chi connectivity index (χ2v) is 5.78. The monoisotopic (exact) mass is 382 g/mol. The summed E-state index contributed by atoms with van der Waals surface area (Å²) in [6.45, 7) is 0. The summed E-state index contributed by atoms with van der Waals surface area (Å²) in [6.07, 6.45) is 0. The van der Waals surface area contributed by atoms with Gasteiger partial charge in [0.2, 0.25) is 5.11 Å². The molecular weight excluding hydrogens is 371 g/mol. The SMILES string of the molecule is O=C(NNC(=S)NNC(=O)c1ccc(Cl)cc1)c1ccc(Cl)cc1. The van der Waals surface area contributed by atoms with Crippen molar-refractivity contribution in [3.8, 4) is 0 Å². The van der Waals surface area contributed by atoms with E-state index in [1.165, 1.54) is 0 Å². The summed E-state index contributed by atoms with van der Waals surface area (Å²) in [5.74, 6) is -0.806. The van der Waals surface area contributed by atoms with Crippen LogP contribution in [0.15, 0.2) is 48.5 Å². The van der Waals surface area contributed by atoms with Gasteiger partial charge in [-0.15, -0.1) is 0 Å². The Balaban J connectivity index is 1.77. The van der Waals surface area contributed by atoms with Crippen LogP contribution in [-0.2, 0) is 0 Å². The first-order valence-electron chi connectivity index (χ1n) is 6.63. The number of amides is 2. The van der Waals surface area contributed by atoms with Gasteiger partial charge in [0, 0.05) is 21.2 Å².